The average molecular weight is 360 g/mol. The van der Waals surface area contributed by atoms with Crippen molar-refractivity contribution in [3.05, 3.63) is 28.2 Å². The first kappa shape index (κ1) is 18.0. The van der Waals surface area contributed by atoms with Crippen LogP contribution >= 0.6 is 35.6 Å². The van der Waals surface area contributed by atoms with Crippen molar-refractivity contribution in [3.63, 3.8) is 0 Å². The van der Waals surface area contributed by atoms with Gasteiger partial charge in [-0.15, -0.1) is 12.4 Å². The lowest BCUT2D eigenvalue weighted by Gasteiger charge is -2.36. The van der Waals surface area contributed by atoms with Crippen LogP contribution in [-0.4, -0.2) is 37.9 Å². The van der Waals surface area contributed by atoms with Gasteiger partial charge in [-0.25, -0.2) is 8.42 Å². The molecule has 0 amide bonds. The molecule has 0 aliphatic carbocycles. The molecule has 4 nitrogen and oxygen atoms in total. The smallest absolute Gasteiger partial charge is 0.246 e. The van der Waals surface area contributed by atoms with Crippen molar-refractivity contribution in [1.82, 2.24) is 9.62 Å². The third-order valence-corrected chi connectivity index (χ3v) is 6.13. The van der Waals surface area contributed by atoms with Crippen molar-refractivity contribution in [3.8, 4) is 0 Å². The molecule has 1 saturated heterocycles. The Morgan fingerprint density at radius 2 is 1.80 bits per heavy atom. The highest BCUT2D eigenvalue weighted by Gasteiger charge is 2.35. The maximum Gasteiger partial charge on any atom is 0.246 e. The lowest BCUT2D eigenvalue weighted by molar-refractivity contribution is 0.244. The highest BCUT2D eigenvalue weighted by molar-refractivity contribution is 7.89. The molecule has 20 heavy (non-hydrogen) atoms. The van der Waals surface area contributed by atoms with E-state index in [2.05, 4.69) is 5.32 Å². The van der Waals surface area contributed by atoms with Crippen molar-refractivity contribution >= 4 is 45.6 Å². The van der Waals surface area contributed by atoms with Gasteiger partial charge in [0.15, 0.2) is 0 Å². The fourth-order valence-electron chi connectivity index (χ4n) is 2.17. The molecule has 1 aromatic carbocycles. The lowest BCUT2D eigenvalue weighted by Crippen LogP contribution is -2.56. The first-order chi connectivity index (χ1) is 8.84. The Kier molecular flexibility index (Phi) is 6.14. The first-order valence-corrected chi connectivity index (χ1v) is 8.23. The van der Waals surface area contributed by atoms with E-state index >= 15 is 0 Å². The minimum Gasteiger partial charge on any atom is -0.311 e. The van der Waals surface area contributed by atoms with Crippen LogP contribution in [0.2, 0.25) is 10.0 Å². The number of nitrogens with zero attached hydrogens (tertiary/aromatic N) is 1. The van der Waals surface area contributed by atoms with E-state index in [0.29, 0.717) is 13.1 Å². The van der Waals surface area contributed by atoms with Crippen molar-refractivity contribution in [2.45, 2.75) is 30.8 Å². The molecule has 8 heteroatoms. The van der Waals surface area contributed by atoms with E-state index in [1.165, 1.54) is 16.4 Å². The number of benzene rings is 1. The predicted octanol–water partition coefficient (Wildman–Crippen LogP) is 2.79. The Hall–Kier alpha value is -0.0400. The minimum atomic E-state index is -3.68. The summed E-state index contributed by atoms with van der Waals surface area (Å²) in [6.45, 7) is 4.83. The Labute approximate surface area is 135 Å². The molecular weight excluding hydrogens is 343 g/mol. The summed E-state index contributed by atoms with van der Waals surface area (Å²) < 4.78 is 26.9. The van der Waals surface area contributed by atoms with Crippen molar-refractivity contribution in [2.24, 2.45) is 0 Å². The molecule has 0 saturated carbocycles. The van der Waals surface area contributed by atoms with Gasteiger partial charge in [-0.2, -0.15) is 4.31 Å². The molecule has 2 unspecified atom stereocenters. The Morgan fingerprint density at radius 1 is 1.25 bits per heavy atom. The Bertz CT molecular complexity index is 560. The first-order valence-electron chi connectivity index (χ1n) is 6.03. The second-order valence-electron chi connectivity index (χ2n) is 4.78. The monoisotopic (exact) mass is 358 g/mol. The SMILES string of the molecule is CC1CN(S(=O)(=O)c2c(Cl)cccc2Cl)C(C)CN1.Cl. The van der Waals surface area contributed by atoms with E-state index in [1.54, 1.807) is 6.07 Å². The summed E-state index contributed by atoms with van der Waals surface area (Å²) >= 11 is 12.0. The highest BCUT2D eigenvalue weighted by atomic mass is 35.5. The van der Waals surface area contributed by atoms with Gasteiger partial charge in [-0.1, -0.05) is 29.3 Å². The summed E-state index contributed by atoms with van der Waals surface area (Å²) in [6.07, 6.45) is 0. The number of hydrogen-bond acceptors (Lipinski definition) is 3. The third-order valence-electron chi connectivity index (χ3n) is 3.19. The minimum absolute atomic E-state index is 0. The highest BCUT2D eigenvalue weighted by Crippen LogP contribution is 2.32. The summed E-state index contributed by atoms with van der Waals surface area (Å²) in [4.78, 5) is -0.000664. The van der Waals surface area contributed by atoms with Gasteiger partial charge >= 0.3 is 0 Å². The molecule has 114 valence electrons. The summed E-state index contributed by atoms with van der Waals surface area (Å²) in [7, 11) is -3.68. The quantitative estimate of drug-likeness (QED) is 0.883. The fraction of sp³-hybridized carbons (Fsp3) is 0.500. The summed E-state index contributed by atoms with van der Waals surface area (Å²) in [5.41, 5.74) is 0. The zero-order valence-electron chi connectivity index (χ0n) is 11.1. The fourth-order valence-corrected chi connectivity index (χ4v) is 4.98. The number of sulfonamides is 1. The number of nitrogens with one attached hydrogen (secondary N) is 1. The molecule has 1 aromatic rings. The lowest BCUT2D eigenvalue weighted by atomic mass is 10.2. The number of piperazine rings is 1. The maximum atomic E-state index is 12.7. The van der Waals surface area contributed by atoms with Crippen LogP contribution in [0.5, 0.6) is 0 Å². The van der Waals surface area contributed by atoms with Crippen LogP contribution in [0, 0.1) is 0 Å². The van der Waals surface area contributed by atoms with Crippen LogP contribution in [0.15, 0.2) is 23.1 Å². The normalized spacial score (nSPS) is 24.2. The second-order valence-corrected chi connectivity index (χ2v) is 7.43. The molecule has 0 spiro atoms. The van der Waals surface area contributed by atoms with E-state index in [-0.39, 0.29) is 39.4 Å². The molecule has 1 aliphatic rings. The van der Waals surface area contributed by atoms with Crippen LogP contribution in [0.3, 0.4) is 0 Å². The molecular formula is C12H17Cl3N2O2S. The Balaban J connectivity index is 0.00000200. The molecule has 2 atom stereocenters. The summed E-state index contributed by atoms with van der Waals surface area (Å²) in [5.74, 6) is 0. The average Bonchev–Trinajstić information content (AvgIpc) is 2.31. The molecule has 0 bridgehead atoms. The number of rotatable bonds is 2. The van der Waals surface area contributed by atoms with Gasteiger partial charge in [0, 0.05) is 25.2 Å². The zero-order chi connectivity index (χ0) is 14.2. The molecule has 0 radical (unpaired) electrons. The van der Waals surface area contributed by atoms with E-state index in [1.807, 2.05) is 13.8 Å². The van der Waals surface area contributed by atoms with Gasteiger partial charge in [-0.3, -0.25) is 0 Å². The predicted molar refractivity (Wildman–Crippen MR) is 84.5 cm³/mol. The van der Waals surface area contributed by atoms with Gasteiger partial charge < -0.3 is 5.32 Å². The van der Waals surface area contributed by atoms with Gasteiger partial charge in [-0.05, 0) is 26.0 Å². The van der Waals surface area contributed by atoms with Gasteiger partial charge in [0.05, 0.1) is 10.0 Å². The zero-order valence-corrected chi connectivity index (χ0v) is 14.3. The van der Waals surface area contributed by atoms with Crippen molar-refractivity contribution in [1.29, 1.82) is 0 Å². The van der Waals surface area contributed by atoms with Crippen molar-refractivity contribution < 1.29 is 8.42 Å². The van der Waals surface area contributed by atoms with E-state index in [4.69, 9.17) is 23.2 Å². The van der Waals surface area contributed by atoms with Crippen LogP contribution in [0.25, 0.3) is 0 Å². The molecule has 0 aromatic heterocycles. The molecule has 1 N–H and O–H groups in total. The topological polar surface area (TPSA) is 49.4 Å². The summed E-state index contributed by atoms with van der Waals surface area (Å²) in [5, 5.41) is 3.56. The van der Waals surface area contributed by atoms with E-state index in [9.17, 15) is 8.42 Å². The van der Waals surface area contributed by atoms with Gasteiger partial charge in [0.2, 0.25) is 10.0 Å². The van der Waals surface area contributed by atoms with E-state index < -0.39 is 10.0 Å². The maximum absolute atomic E-state index is 12.7. The van der Waals surface area contributed by atoms with E-state index in [0.717, 1.165) is 0 Å². The molecule has 1 fully saturated rings. The second kappa shape index (κ2) is 6.81. The van der Waals surface area contributed by atoms with Crippen LogP contribution in [-0.2, 0) is 10.0 Å². The standard InChI is InChI=1S/C12H16Cl2N2O2S.ClH/c1-8-7-16(9(2)6-15-8)19(17,18)12-10(13)4-3-5-11(12)14;/h3-5,8-9,15H,6-7H2,1-2H3;1H. The summed E-state index contributed by atoms with van der Waals surface area (Å²) in [6, 6.07) is 4.68. The van der Waals surface area contributed by atoms with Crippen LogP contribution in [0.1, 0.15) is 13.8 Å². The Morgan fingerprint density at radius 3 is 2.35 bits per heavy atom. The van der Waals surface area contributed by atoms with Gasteiger partial charge in [0.1, 0.15) is 4.90 Å². The van der Waals surface area contributed by atoms with Crippen LogP contribution in [0.4, 0.5) is 0 Å². The largest absolute Gasteiger partial charge is 0.311 e. The molecule has 1 heterocycles. The van der Waals surface area contributed by atoms with Crippen LogP contribution < -0.4 is 5.32 Å². The number of hydrogen-bond donors (Lipinski definition) is 1. The van der Waals surface area contributed by atoms with Crippen molar-refractivity contribution in [2.75, 3.05) is 13.1 Å². The van der Waals surface area contributed by atoms with Gasteiger partial charge in [0.25, 0.3) is 0 Å². The molecule has 2 rings (SSSR count). The molecule has 1 aliphatic heterocycles. The third kappa shape index (κ3) is 3.40. The number of halogens is 3.